The van der Waals surface area contributed by atoms with Crippen LogP contribution >= 0.6 is 0 Å². The van der Waals surface area contributed by atoms with Crippen molar-refractivity contribution < 1.29 is 0 Å². The Morgan fingerprint density at radius 3 is 2.65 bits per heavy atom. The minimum Gasteiger partial charge on any atom is -0.359 e. The molecule has 0 spiro atoms. The second kappa shape index (κ2) is 3.57. The van der Waals surface area contributed by atoms with E-state index >= 15 is 0 Å². The Morgan fingerprint density at radius 1 is 1.24 bits per heavy atom. The molecule has 0 atom stereocenters. The molecular weight excluding hydrogens is 230 g/mol. The van der Waals surface area contributed by atoms with E-state index in [1.807, 2.05) is 30.3 Å². The Labute approximate surface area is 100 Å². The van der Waals surface area contributed by atoms with Gasteiger partial charge in [0.2, 0.25) is 0 Å². The fourth-order valence-electron chi connectivity index (χ4n) is 1.61. The maximum Gasteiger partial charge on any atom is 0.346 e. The number of hydrogen-bond donors (Lipinski definition) is 1. The highest BCUT2D eigenvalue weighted by atomic mass is 28.1. The molecule has 0 amide bonds. The Bertz CT molecular complexity index is 719. The van der Waals surface area contributed by atoms with Crippen LogP contribution in [0.4, 0.5) is 5.82 Å². The maximum atomic E-state index is 6.95. The number of benzene rings is 1. The number of fused-ring (bicyclic) bond motifs is 1. The van der Waals surface area contributed by atoms with E-state index in [2.05, 4.69) is 30.2 Å². The van der Waals surface area contributed by atoms with Crippen molar-refractivity contribution in [2.24, 2.45) is 0 Å². The molecule has 0 aliphatic heterocycles. The van der Waals surface area contributed by atoms with Crippen LogP contribution in [0.15, 0.2) is 30.3 Å². The second-order valence-electron chi connectivity index (χ2n) is 3.47. The molecule has 2 heterocycles. The van der Waals surface area contributed by atoms with Crippen LogP contribution in [0.25, 0.3) is 22.0 Å². The molecule has 0 aliphatic carbocycles. The first-order valence-corrected chi connectivity index (χ1v) is 5.42. The van der Waals surface area contributed by atoms with Crippen molar-refractivity contribution in [2.75, 3.05) is 0 Å². The maximum absolute atomic E-state index is 6.95. The van der Waals surface area contributed by atoms with Gasteiger partial charge in [-0.3, -0.25) is 5.10 Å². The fraction of sp³-hybridized carbons (Fsp3) is 0. The van der Waals surface area contributed by atoms with E-state index < -0.39 is 0 Å². The molecule has 0 saturated heterocycles. The van der Waals surface area contributed by atoms with Gasteiger partial charge in [0.15, 0.2) is 5.82 Å². The lowest BCUT2D eigenvalue weighted by Gasteiger charge is -1.94. The quantitative estimate of drug-likeness (QED) is 0.507. The van der Waals surface area contributed by atoms with E-state index in [9.17, 15) is 0 Å². The van der Waals surface area contributed by atoms with E-state index in [1.54, 1.807) is 4.52 Å². The average molecular weight is 236 g/mol. The molecule has 3 aromatic rings. The van der Waals surface area contributed by atoms with E-state index in [0.29, 0.717) is 16.9 Å². The summed E-state index contributed by atoms with van der Waals surface area (Å²) in [5.41, 5.74) is 0.980. The van der Waals surface area contributed by atoms with Crippen molar-refractivity contribution in [3.8, 4) is 11.4 Å². The van der Waals surface area contributed by atoms with Crippen molar-refractivity contribution in [2.45, 2.75) is 0 Å². The molecule has 17 heavy (non-hydrogen) atoms. The number of imidazole rings is 1. The molecule has 3 radical (unpaired) electrons. The zero-order chi connectivity index (χ0) is 11.8. The molecule has 0 saturated carbocycles. The average Bonchev–Trinajstić information content (AvgIpc) is 2.90. The number of nitrogens with one attached hydrogen (secondary N) is 1. The van der Waals surface area contributed by atoms with Crippen LogP contribution in [0, 0.1) is 6.57 Å². The first-order chi connectivity index (χ1) is 8.29. The van der Waals surface area contributed by atoms with Gasteiger partial charge in [-0.15, -0.1) is 0 Å². The van der Waals surface area contributed by atoms with Gasteiger partial charge in [0.1, 0.15) is 0 Å². The highest BCUT2D eigenvalue weighted by molar-refractivity contribution is 6.34. The van der Waals surface area contributed by atoms with Gasteiger partial charge in [-0.05, 0) is 0 Å². The molecule has 0 unspecified atom stereocenters. The van der Waals surface area contributed by atoms with Crippen LogP contribution < -0.4 is 5.32 Å². The molecular formula is C11H6N5Si. The van der Waals surface area contributed by atoms with Crippen LogP contribution in [-0.2, 0) is 0 Å². The molecule has 0 fully saturated rings. The van der Waals surface area contributed by atoms with Crippen LogP contribution in [-0.4, -0.2) is 29.8 Å². The topological polar surface area (TPSA) is 50.3 Å². The van der Waals surface area contributed by atoms with Gasteiger partial charge in [0.05, 0.1) is 15.6 Å². The Hall–Kier alpha value is -2.39. The van der Waals surface area contributed by atoms with Crippen molar-refractivity contribution >= 4 is 27.2 Å². The molecule has 1 N–H and O–H groups in total. The Morgan fingerprint density at radius 2 is 2.00 bits per heavy atom. The zero-order valence-corrected chi connectivity index (χ0v) is 9.68. The van der Waals surface area contributed by atoms with Crippen molar-refractivity contribution in [3.05, 3.63) is 41.7 Å². The Balaban J connectivity index is 2.20. The van der Waals surface area contributed by atoms with Crippen molar-refractivity contribution in [1.29, 1.82) is 0 Å². The summed E-state index contributed by atoms with van der Waals surface area (Å²) in [6.45, 7) is 6.95. The van der Waals surface area contributed by atoms with Gasteiger partial charge in [0.25, 0.3) is 5.82 Å². The summed E-state index contributed by atoms with van der Waals surface area (Å²) in [7, 11) is 3.37. The lowest BCUT2D eigenvalue weighted by molar-refractivity contribution is 1.00. The van der Waals surface area contributed by atoms with Gasteiger partial charge in [-0.25, -0.2) is 4.52 Å². The monoisotopic (exact) mass is 236 g/mol. The van der Waals surface area contributed by atoms with Gasteiger partial charge >= 0.3 is 5.78 Å². The molecule has 79 valence electrons. The highest BCUT2D eigenvalue weighted by Gasteiger charge is 2.15. The normalized spacial score (nSPS) is 10.6. The van der Waals surface area contributed by atoms with E-state index in [1.165, 1.54) is 0 Å². The Kier molecular flexibility index (Phi) is 2.06. The molecule has 0 aliphatic rings. The van der Waals surface area contributed by atoms with E-state index in [-0.39, 0.29) is 0 Å². The molecule has 6 heteroatoms. The summed E-state index contributed by atoms with van der Waals surface area (Å²) in [5, 5.41) is 3.67. The summed E-state index contributed by atoms with van der Waals surface area (Å²) in [5.74, 6) is 1.52. The molecule has 0 bridgehead atoms. The molecule has 2 aromatic heterocycles. The van der Waals surface area contributed by atoms with E-state index in [0.717, 1.165) is 11.4 Å². The number of aromatic nitrogens is 4. The third-order valence-electron chi connectivity index (χ3n) is 2.42. The summed E-state index contributed by atoms with van der Waals surface area (Å²) < 4.78 is 1.65. The standard InChI is InChI=1S/C11H6N5Si/c1-12-9-10(17)16-11(14-9)13-8(15-16)7-5-3-2-4-6-7/h2-6H,(H,13,14,15). The predicted molar refractivity (Wildman–Crippen MR) is 64.4 cm³/mol. The number of aromatic amines is 1. The summed E-state index contributed by atoms with van der Waals surface area (Å²) in [6, 6.07) is 9.76. The summed E-state index contributed by atoms with van der Waals surface area (Å²) in [4.78, 5) is 11.7. The molecule has 3 rings (SSSR count). The largest absolute Gasteiger partial charge is 0.359 e. The number of rotatable bonds is 1. The fourth-order valence-corrected chi connectivity index (χ4v) is 1.88. The minimum atomic E-state index is 0.306. The van der Waals surface area contributed by atoms with Crippen LogP contribution in [0.1, 0.15) is 0 Å². The van der Waals surface area contributed by atoms with Crippen molar-refractivity contribution in [3.63, 3.8) is 0 Å². The predicted octanol–water partition coefficient (Wildman–Crippen LogP) is 1.07. The lowest BCUT2D eigenvalue weighted by atomic mass is 10.2. The minimum absolute atomic E-state index is 0.306. The van der Waals surface area contributed by atoms with Gasteiger partial charge < -0.3 is 4.85 Å². The SMILES string of the molecule is [C-]#[N+]c1nc2nc(-c3ccccc3)[nH]n2c1[Si]. The third-order valence-corrected chi connectivity index (χ3v) is 2.87. The number of hydrogen-bond acceptors (Lipinski definition) is 2. The van der Waals surface area contributed by atoms with Crippen LogP contribution in [0.2, 0.25) is 0 Å². The smallest absolute Gasteiger partial charge is 0.346 e. The molecule has 1 aromatic carbocycles. The number of H-pyrrole nitrogens is 1. The van der Waals surface area contributed by atoms with Crippen LogP contribution in [0.3, 0.4) is 0 Å². The van der Waals surface area contributed by atoms with Crippen LogP contribution in [0.5, 0.6) is 0 Å². The van der Waals surface area contributed by atoms with Gasteiger partial charge in [0, 0.05) is 5.56 Å². The van der Waals surface area contributed by atoms with Crippen molar-refractivity contribution in [1.82, 2.24) is 19.6 Å². The third kappa shape index (κ3) is 1.45. The molecule has 5 nitrogen and oxygen atoms in total. The van der Waals surface area contributed by atoms with E-state index in [4.69, 9.17) is 6.57 Å². The first kappa shape index (κ1) is 9.81. The zero-order valence-electron chi connectivity index (χ0n) is 8.68. The first-order valence-electron chi connectivity index (χ1n) is 4.92. The lowest BCUT2D eigenvalue weighted by Crippen LogP contribution is -2.10. The van der Waals surface area contributed by atoms with Gasteiger partial charge in [-0.1, -0.05) is 41.9 Å². The second-order valence-corrected chi connectivity index (χ2v) is 3.94. The highest BCUT2D eigenvalue weighted by Crippen LogP contribution is 2.16. The number of nitrogens with zero attached hydrogens (tertiary/aromatic N) is 4. The van der Waals surface area contributed by atoms with Gasteiger partial charge in [-0.2, -0.15) is 4.98 Å². The summed E-state index contributed by atoms with van der Waals surface area (Å²) >= 11 is 0. The summed E-state index contributed by atoms with van der Waals surface area (Å²) in [6.07, 6.45) is 0.